The van der Waals surface area contributed by atoms with E-state index in [0.29, 0.717) is 5.92 Å². The summed E-state index contributed by atoms with van der Waals surface area (Å²) in [5.74, 6) is 0.634. The molecule has 4 N–H and O–H groups in total. The molecule has 60 valence electrons. The van der Waals surface area contributed by atoms with Crippen molar-refractivity contribution >= 4 is 0 Å². The standard InChI is InChI=1S/C7H13NO.H3N/c9-7-5-8-3-1-6(7)2-4-8;/h6-7,9H,1-5H2;1H3. The van der Waals surface area contributed by atoms with Gasteiger partial charge < -0.3 is 16.2 Å². The van der Waals surface area contributed by atoms with Gasteiger partial charge in [-0.2, -0.15) is 0 Å². The fourth-order valence-electron chi connectivity index (χ4n) is 1.93. The molecule has 3 saturated heterocycles. The molecule has 3 rings (SSSR count). The molecule has 3 aliphatic rings. The van der Waals surface area contributed by atoms with Gasteiger partial charge in [-0.05, 0) is 31.8 Å². The number of nitrogens with zero attached hydrogens (tertiary/aromatic N) is 1. The van der Waals surface area contributed by atoms with Crippen molar-refractivity contribution in [2.45, 2.75) is 18.9 Å². The Morgan fingerprint density at radius 1 is 1.20 bits per heavy atom. The lowest BCUT2D eigenvalue weighted by molar-refractivity contribution is -0.0227. The van der Waals surface area contributed by atoms with Crippen LogP contribution in [0.2, 0.25) is 0 Å². The second-order valence-corrected chi connectivity index (χ2v) is 3.21. The SMILES string of the molecule is N.OC1CN2CCC1CC2. The van der Waals surface area contributed by atoms with Gasteiger partial charge in [0.1, 0.15) is 0 Å². The summed E-state index contributed by atoms with van der Waals surface area (Å²) in [6.45, 7) is 3.38. The minimum atomic E-state index is -0.00694. The van der Waals surface area contributed by atoms with E-state index in [4.69, 9.17) is 0 Å². The van der Waals surface area contributed by atoms with Crippen molar-refractivity contribution in [2.24, 2.45) is 5.92 Å². The highest BCUT2D eigenvalue weighted by atomic mass is 16.3. The van der Waals surface area contributed by atoms with Crippen molar-refractivity contribution in [3.8, 4) is 0 Å². The van der Waals surface area contributed by atoms with Crippen LogP contribution < -0.4 is 6.15 Å². The second kappa shape index (κ2) is 2.86. The summed E-state index contributed by atoms with van der Waals surface area (Å²) in [6, 6.07) is 0. The topological polar surface area (TPSA) is 58.5 Å². The molecule has 2 bridgehead atoms. The molecule has 0 saturated carbocycles. The zero-order valence-electron chi connectivity index (χ0n) is 6.29. The quantitative estimate of drug-likeness (QED) is 0.512. The van der Waals surface area contributed by atoms with Crippen molar-refractivity contribution in [1.29, 1.82) is 0 Å². The second-order valence-electron chi connectivity index (χ2n) is 3.21. The molecule has 1 unspecified atom stereocenters. The van der Waals surface area contributed by atoms with Crippen LogP contribution in [0, 0.1) is 5.92 Å². The predicted octanol–water partition coefficient (Wildman–Crippen LogP) is 0.235. The number of piperidine rings is 3. The van der Waals surface area contributed by atoms with Crippen LogP contribution in [0.5, 0.6) is 0 Å². The van der Waals surface area contributed by atoms with Crippen molar-refractivity contribution in [3.63, 3.8) is 0 Å². The normalized spacial score (nSPS) is 44.7. The molecule has 0 aromatic carbocycles. The molecule has 3 fully saturated rings. The number of hydrogen-bond acceptors (Lipinski definition) is 3. The summed E-state index contributed by atoms with van der Waals surface area (Å²) in [5, 5.41) is 9.36. The van der Waals surface area contributed by atoms with Crippen LogP contribution in [0.15, 0.2) is 0 Å². The van der Waals surface area contributed by atoms with Crippen molar-refractivity contribution < 1.29 is 5.11 Å². The zero-order valence-corrected chi connectivity index (χ0v) is 6.29. The number of aliphatic hydroxyl groups excluding tert-OH is 1. The lowest BCUT2D eigenvalue weighted by atomic mass is 9.86. The number of aliphatic hydroxyl groups is 1. The third-order valence-corrected chi connectivity index (χ3v) is 2.62. The molecule has 0 aromatic rings. The highest BCUT2D eigenvalue weighted by molar-refractivity contribution is 4.85. The molecular formula is C7H16N2O. The summed E-state index contributed by atoms with van der Waals surface area (Å²) >= 11 is 0. The van der Waals surface area contributed by atoms with Crippen LogP contribution >= 0.6 is 0 Å². The van der Waals surface area contributed by atoms with E-state index in [1.54, 1.807) is 0 Å². The summed E-state index contributed by atoms with van der Waals surface area (Å²) < 4.78 is 0. The Balaban J connectivity index is 0.000000500. The third-order valence-electron chi connectivity index (χ3n) is 2.62. The Morgan fingerprint density at radius 3 is 2.00 bits per heavy atom. The van der Waals surface area contributed by atoms with Crippen LogP contribution in [-0.4, -0.2) is 35.7 Å². The lowest BCUT2D eigenvalue weighted by Crippen LogP contribution is -2.50. The summed E-state index contributed by atoms with van der Waals surface area (Å²) in [7, 11) is 0. The summed E-state index contributed by atoms with van der Waals surface area (Å²) in [6.07, 6.45) is 2.44. The number of rotatable bonds is 0. The van der Waals surface area contributed by atoms with Gasteiger partial charge >= 0.3 is 0 Å². The molecule has 0 aliphatic carbocycles. The average molecular weight is 144 g/mol. The zero-order chi connectivity index (χ0) is 6.27. The molecule has 3 nitrogen and oxygen atoms in total. The van der Waals surface area contributed by atoms with Gasteiger partial charge in [-0.1, -0.05) is 0 Å². The Labute approximate surface area is 61.6 Å². The summed E-state index contributed by atoms with van der Waals surface area (Å²) in [5.41, 5.74) is 0. The van der Waals surface area contributed by atoms with Gasteiger partial charge in [0.15, 0.2) is 0 Å². The lowest BCUT2D eigenvalue weighted by Gasteiger charge is -2.42. The van der Waals surface area contributed by atoms with Gasteiger partial charge in [0.2, 0.25) is 0 Å². The van der Waals surface area contributed by atoms with E-state index < -0.39 is 0 Å². The van der Waals surface area contributed by atoms with Gasteiger partial charge in [-0.25, -0.2) is 0 Å². The van der Waals surface area contributed by atoms with E-state index in [9.17, 15) is 5.11 Å². The molecule has 10 heavy (non-hydrogen) atoms. The Kier molecular flexibility index (Phi) is 2.28. The molecule has 0 amide bonds. The van der Waals surface area contributed by atoms with Gasteiger partial charge in [-0.3, -0.25) is 0 Å². The van der Waals surface area contributed by atoms with Gasteiger partial charge in [0.05, 0.1) is 6.10 Å². The average Bonchev–Trinajstić information content (AvgIpc) is 1.90. The van der Waals surface area contributed by atoms with Gasteiger partial charge in [0.25, 0.3) is 0 Å². The molecule has 3 aliphatic heterocycles. The highest BCUT2D eigenvalue weighted by Crippen LogP contribution is 2.26. The first-order chi connectivity index (χ1) is 4.36. The van der Waals surface area contributed by atoms with E-state index in [-0.39, 0.29) is 12.3 Å². The fourth-order valence-corrected chi connectivity index (χ4v) is 1.93. The summed E-state index contributed by atoms with van der Waals surface area (Å²) in [4.78, 5) is 2.35. The van der Waals surface area contributed by atoms with Gasteiger partial charge in [-0.15, -0.1) is 0 Å². The van der Waals surface area contributed by atoms with Crippen molar-refractivity contribution in [2.75, 3.05) is 19.6 Å². The van der Waals surface area contributed by atoms with E-state index in [2.05, 4.69) is 4.90 Å². The van der Waals surface area contributed by atoms with Crippen molar-refractivity contribution in [3.05, 3.63) is 0 Å². The fraction of sp³-hybridized carbons (Fsp3) is 1.00. The van der Waals surface area contributed by atoms with E-state index in [1.807, 2.05) is 0 Å². The first-order valence-electron chi connectivity index (χ1n) is 3.76. The number of hydrogen-bond donors (Lipinski definition) is 2. The molecule has 0 aromatic heterocycles. The Bertz CT molecular complexity index is 110. The minimum Gasteiger partial charge on any atom is -0.392 e. The van der Waals surface area contributed by atoms with E-state index in [1.165, 1.54) is 25.9 Å². The Morgan fingerprint density at radius 2 is 1.80 bits per heavy atom. The van der Waals surface area contributed by atoms with E-state index >= 15 is 0 Å². The van der Waals surface area contributed by atoms with Crippen LogP contribution in [0.4, 0.5) is 0 Å². The van der Waals surface area contributed by atoms with E-state index in [0.717, 1.165) is 6.54 Å². The maximum Gasteiger partial charge on any atom is 0.0696 e. The third kappa shape index (κ3) is 1.17. The highest BCUT2D eigenvalue weighted by Gasteiger charge is 2.32. The van der Waals surface area contributed by atoms with Crippen LogP contribution in [0.1, 0.15) is 12.8 Å². The maximum atomic E-state index is 9.36. The van der Waals surface area contributed by atoms with Gasteiger partial charge in [0, 0.05) is 6.54 Å². The minimum absolute atomic E-state index is 0. The van der Waals surface area contributed by atoms with Crippen molar-refractivity contribution in [1.82, 2.24) is 11.1 Å². The molecule has 1 atom stereocenters. The largest absolute Gasteiger partial charge is 0.392 e. The maximum absolute atomic E-state index is 9.36. The number of fused-ring (bicyclic) bond motifs is 3. The van der Waals surface area contributed by atoms with Crippen LogP contribution in [0.25, 0.3) is 0 Å². The first-order valence-corrected chi connectivity index (χ1v) is 3.76. The molecule has 3 heteroatoms. The van der Waals surface area contributed by atoms with Crippen LogP contribution in [-0.2, 0) is 0 Å². The monoisotopic (exact) mass is 144 g/mol. The molecule has 3 heterocycles. The Hall–Kier alpha value is -0.120. The molecule has 0 radical (unpaired) electrons. The first kappa shape index (κ1) is 7.98. The molecular weight excluding hydrogens is 128 g/mol. The van der Waals surface area contributed by atoms with Crippen LogP contribution in [0.3, 0.4) is 0 Å². The molecule has 0 spiro atoms. The predicted molar refractivity (Wildman–Crippen MR) is 40.2 cm³/mol. The smallest absolute Gasteiger partial charge is 0.0696 e.